The van der Waals surface area contributed by atoms with Gasteiger partial charge in [0.2, 0.25) is 0 Å². The van der Waals surface area contributed by atoms with Crippen LogP contribution in [0.3, 0.4) is 0 Å². The molecule has 0 aliphatic carbocycles. The standard InChI is InChI=1S/C15H21N3/c1-12-5-6-15(11-13(12)2)14(3)16-8-10-18-9-4-7-17-18/h4-7,9,11,14,16H,8,10H2,1-3H3. The SMILES string of the molecule is Cc1ccc(C(C)NCCn2cccn2)cc1C. The Morgan fingerprint density at radius 1 is 1.28 bits per heavy atom. The van der Waals surface area contributed by atoms with Gasteiger partial charge >= 0.3 is 0 Å². The van der Waals surface area contributed by atoms with Gasteiger partial charge in [-0.15, -0.1) is 0 Å². The lowest BCUT2D eigenvalue weighted by Gasteiger charge is -2.15. The topological polar surface area (TPSA) is 29.9 Å². The van der Waals surface area contributed by atoms with Gasteiger partial charge in [-0.25, -0.2) is 0 Å². The van der Waals surface area contributed by atoms with Gasteiger partial charge in [-0.2, -0.15) is 5.10 Å². The van der Waals surface area contributed by atoms with Gasteiger partial charge < -0.3 is 5.32 Å². The lowest BCUT2D eigenvalue weighted by molar-refractivity contribution is 0.507. The van der Waals surface area contributed by atoms with Gasteiger partial charge in [0.15, 0.2) is 0 Å². The molecule has 18 heavy (non-hydrogen) atoms. The van der Waals surface area contributed by atoms with Crippen molar-refractivity contribution in [3.63, 3.8) is 0 Å². The Morgan fingerprint density at radius 3 is 2.78 bits per heavy atom. The normalized spacial score (nSPS) is 12.6. The zero-order chi connectivity index (χ0) is 13.0. The first-order chi connectivity index (χ1) is 8.66. The van der Waals surface area contributed by atoms with Crippen molar-refractivity contribution >= 4 is 0 Å². The summed E-state index contributed by atoms with van der Waals surface area (Å²) >= 11 is 0. The maximum atomic E-state index is 4.19. The van der Waals surface area contributed by atoms with Crippen LogP contribution in [-0.4, -0.2) is 16.3 Å². The van der Waals surface area contributed by atoms with E-state index in [1.165, 1.54) is 16.7 Å². The van der Waals surface area contributed by atoms with Crippen LogP contribution >= 0.6 is 0 Å². The van der Waals surface area contributed by atoms with Crippen molar-refractivity contribution in [2.75, 3.05) is 6.54 Å². The highest BCUT2D eigenvalue weighted by atomic mass is 15.3. The molecule has 0 fully saturated rings. The number of aromatic nitrogens is 2. The van der Waals surface area contributed by atoms with Gasteiger partial charge in [-0.3, -0.25) is 4.68 Å². The molecule has 0 amide bonds. The quantitative estimate of drug-likeness (QED) is 0.875. The Balaban J connectivity index is 1.87. The summed E-state index contributed by atoms with van der Waals surface area (Å²) in [7, 11) is 0. The van der Waals surface area contributed by atoms with E-state index in [1.807, 2.05) is 23.1 Å². The third-order valence-corrected chi connectivity index (χ3v) is 3.38. The molecule has 1 atom stereocenters. The molecule has 1 unspecified atom stereocenters. The van der Waals surface area contributed by atoms with Crippen LogP contribution in [0, 0.1) is 13.8 Å². The average Bonchev–Trinajstić information content (AvgIpc) is 2.85. The average molecular weight is 243 g/mol. The zero-order valence-electron chi connectivity index (χ0n) is 11.4. The molecule has 1 aromatic heterocycles. The lowest BCUT2D eigenvalue weighted by Crippen LogP contribution is -2.23. The molecule has 0 bridgehead atoms. The highest BCUT2D eigenvalue weighted by Crippen LogP contribution is 2.16. The fourth-order valence-corrected chi connectivity index (χ4v) is 1.98. The summed E-state index contributed by atoms with van der Waals surface area (Å²) in [6.45, 7) is 8.34. The van der Waals surface area contributed by atoms with Gasteiger partial charge in [0.1, 0.15) is 0 Å². The molecule has 96 valence electrons. The predicted octanol–water partition coefficient (Wildman–Crippen LogP) is 2.85. The van der Waals surface area contributed by atoms with Crippen LogP contribution in [0.2, 0.25) is 0 Å². The Labute approximate surface area is 109 Å². The number of benzene rings is 1. The number of hydrogen-bond acceptors (Lipinski definition) is 2. The smallest absolute Gasteiger partial charge is 0.0534 e. The first-order valence-electron chi connectivity index (χ1n) is 6.45. The molecule has 0 radical (unpaired) electrons. The van der Waals surface area contributed by atoms with Crippen molar-refractivity contribution in [1.82, 2.24) is 15.1 Å². The molecule has 3 nitrogen and oxygen atoms in total. The molecule has 0 saturated carbocycles. The largest absolute Gasteiger partial charge is 0.308 e. The molecule has 2 aromatic rings. The Morgan fingerprint density at radius 2 is 2.11 bits per heavy atom. The van der Waals surface area contributed by atoms with E-state index in [1.54, 1.807) is 0 Å². The fraction of sp³-hybridized carbons (Fsp3) is 0.400. The van der Waals surface area contributed by atoms with E-state index >= 15 is 0 Å². The zero-order valence-corrected chi connectivity index (χ0v) is 11.4. The summed E-state index contributed by atoms with van der Waals surface area (Å²) in [5.74, 6) is 0. The summed E-state index contributed by atoms with van der Waals surface area (Å²) in [5, 5.41) is 7.71. The van der Waals surface area contributed by atoms with Crippen LogP contribution in [0.15, 0.2) is 36.7 Å². The fourth-order valence-electron chi connectivity index (χ4n) is 1.98. The van der Waals surface area contributed by atoms with E-state index < -0.39 is 0 Å². The second-order valence-corrected chi connectivity index (χ2v) is 4.79. The third-order valence-electron chi connectivity index (χ3n) is 3.38. The number of nitrogens with one attached hydrogen (secondary N) is 1. The Hall–Kier alpha value is -1.61. The molecule has 0 aliphatic rings. The summed E-state index contributed by atoms with van der Waals surface area (Å²) in [5.41, 5.74) is 4.05. The summed E-state index contributed by atoms with van der Waals surface area (Å²) in [4.78, 5) is 0. The highest BCUT2D eigenvalue weighted by Gasteiger charge is 2.05. The molecule has 3 heteroatoms. The Kier molecular flexibility index (Phi) is 4.15. The van der Waals surface area contributed by atoms with Crippen LogP contribution in [-0.2, 0) is 6.54 Å². The van der Waals surface area contributed by atoms with Gasteiger partial charge in [-0.1, -0.05) is 18.2 Å². The molecular formula is C15H21N3. The van der Waals surface area contributed by atoms with Crippen molar-refractivity contribution in [3.8, 4) is 0 Å². The minimum Gasteiger partial charge on any atom is -0.308 e. The van der Waals surface area contributed by atoms with Crippen LogP contribution in [0.5, 0.6) is 0 Å². The number of hydrogen-bond donors (Lipinski definition) is 1. The minimum absolute atomic E-state index is 0.375. The predicted molar refractivity (Wildman–Crippen MR) is 74.6 cm³/mol. The molecule has 1 N–H and O–H groups in total. The van der Waals surface area contributed by atoms with Crippen LogP contribution in [0.1, 0.15) is 29.7 Å². The maximum absolute atomic E-state index is 4.19. The molecular weight excluding hydrogens is 222 g/mol. The van der Waals surface area contributed by atoms with Crippen molar-refractivity contribution in [2.24, 2.45) is 0 Å². The van der Waals surface area contributed by atoms with E-state index in [-0.39, 0.29) is 0 Å². The van der Waals surface area contributed by atoms with Crippen LogP contribution < -0.4 is 5.32 Å². The van der Waals surface area contributed by atoms with E-state index in [9.17, 15) is 0 Å². The molecule has 0 saturated heterocycles. The van der Waals surface area contributed by atoms with E-state index in [0.29, 0.717) is 6.04 Å². The van der Waals surface area contributed by atoms with E-state index in [2.05, 4.69) is 49.4 Å². The van der Waals surface area contributed by atoms with Crippen molar-refractivity contribution < 1.29 is 0 Å². The second-order valence-electron chi connectivity index (χ2n) is 4.79. The highest BCUT2D eigenvalue weighted by molar-refractivity contribution is 5.31. The molecule has 0 spiro atoms. The van der Waals surface area contributed by atoms with Crippen molar-refractivity contribution in [1.29, 1.82) is 0 Å². The molecule has 1 aromatic carbocycles. The van der Waals surface area contributed by atoms with E-state index in [0.717, 1.165) is 13.1 Å². The molecule has 0 aliphatic heterocycles. The number of aryl methyl sites for hydroxylation is 2. The van der Waals surface area contributed by atoms with Gasteiger partial charge in [0.05, 0.1) is 6.54 Å². The Bertz CT molecular complexity index is 488. The second kappa shape index (κ2) is 5.83. The summed E-state index contributed by atoms with van der Waals surface area (Å²) in [6, 6.07) is 8.98. The number of nitrogens with zero attached hydrogens (tertiary/aromatic N) is 2. The minimum atomic E-state index is 0.375. The number of rotatable bonds is 5. The third kappa shape index (κ3) is 3.20. The first-order valence-corrected chi connectivity index (χ1v) is 6.45. The van der Waals surface area contributed by atoms with Crippen LogP contribution in [0.25, 0.3) is 0 Å². The van der Waals surface area contributed by atoms with Crippen molar-refractivity contribution in [3.05, 3.63) is 53.3 Å². The molecule has 1 heterocycles. The van der Waals surface area contributed by atoms with Gasteiger partial charge in [-0.05, 0) is 43.5 Å². The monoisotopic (exact) mass is 243 g/mol. The molecule has 2 rings (SSSR count). The lowest BCUT2D eigenvalue weighted by atomic mass is 10.0. The maximum Gasteiger partial charge on any atom is 0.0534 e. The van der Waals surface area contributed by atoms with Crippen molar-refractivity contribution in [2.45, 2.75) is 33.4 Å². The van der Waals surface area contributed by atoms with Gasteiger partial charge in [0, 0.05) is 25.0 Å². The summed E-state index contributed by atoms with van der Waals surface area (Å²) in [6.07, 6.45) is 3.80. The van der Waals surface area contributed by atoms with Gasteiger partial charge in [0.25, 0.3) is 0 Å². The van der Waals surface area contributed by atoms with Crippen LogP contribution in [0.4, 0.5) is 0 Å². The van der Waals surface area contributed by atoms with E-state index in [4.69, 9.17) is 0 Å². The first kappa shape index (κ1) is 12.8. The summed E-state index contributed by atoms with van der Waals surface area (Å²) < 4.78 is 1.94.